The van der Waals surface area contributed by atoms with Crippen LogP contribution in [-0.4, -0.2) is 17.9 Å². The molecule has 0 bridgehead atoms. The number of aldehydes is 1. The summed E-state index contributed by atoms with van der Waals surface area (Å²) in [6.45, 7) is 10.3. The van der Waals surface area contributed by atoms with Crippen molar-refractivity contribution >= 4 is 23.6 Å². The molecule has 2 aliphatic carbocycles. The number of thiophene rings is 1. The molecule has 0 amide bonds. The number of fused-ring (bicyclic) bond motifs is 1. The zero-order valence-corrected chi connectivity index (χ0v) is 17.6. The maximum atomic E-state index is 13.2. The Balaban J connectivity index is 2.07. The van der Waals surface area contributed by atoms with Crippen molar-refractivity contribution in [3.8, 4) is 0 Å². The van der Waals surface area contributed by atoms with Crippen molar-refractivity contribution < 1.29 is 14.3 Å². The highest BCUT2D eigenvalue weighted by molar-refractivity contribution is 7.12. The standard InChI is InChI=1S/C22H32O3S/c1-21(2,3)25-20(24)18-16-12-22(4,5)11-10-17(16)26-19(18)15-9-7-6-8-14(15)13-23/h13-15H,6-12H2,1-5H3. The lowest BCUT2D eigenvalue weighted by Crippen LogP contribution is -2.28. The largest absolute Gasteiger partial charge is 0.456 e. The van der Waals surface area contributed by atoms with Gasteiger partial charge in [-0.15, -0.1) is 11.3 Å². The van der Waals surface area contributed by atoms with Gasteiger partial charge in [0.2, 0.25) is 0 Å². The van der Waals surface area contributed by atoms with E-state index < -0.39 is 5.60 Å². The Morgan fingerprint density at radius 1 is 1.23 bits per heavy atom. The molecule has 1 fully saturated rings. The average Bonchev–Trinajstić information content (AvgIpc) is 2.90. The van der Waals surface area contributed by atoms with Gasteiger partial charge in [-0.1, -0.05) is 26.7 Å². The number of hydrogen-bond donors (Lipinski definition) is 0. The van der Waals surface area contributed by atoms with Crippen LogP contribution in [0.25, 0.3) is 0 Å². The van der Waals surface area contributed by atoms with E-state index in [1.165, 1.54) is 10.4 Å². The predicted molar refractivity (Wildman–Crippen MR) is 106 cm³/mol. The lowest BCUT2D eigenvalue weighted by atomic mass is 9.74. The van der Waals surface area contributed by atoms with E-state index in [4.69, 9.17) is 4.74 Å². The van der Waals surface area contributed by atoms with Gasteiger partial charge >= 0.3 is 5.97 Å². The molecule has 1 aromatic rings. The van der Waals surface area contributed by atoms with Gasteiger partial charge in [-0.3, -0.25) is 0 Å². The summed E-state index contributed by atoms with van der Waals surface area (Å²) in [5.74, 6) is 0.0263. The van der Waals surface area contributed by atoms with Crippen LogP contribution in [-0.2, 0) is 22.4 Å². The van der Waals surface area contributed by atoms with Gasteiger partial charge in [0.15, 0.2) is 0 Å². The smallest absolute Gasteiger partial charge is 0.340 e. The lowest BCUT2D eigenvalue weighted by molar-refractivity contribution is -0.112. The van der Waals surface area contributed by atoms with Crippen LogP contribution in [0.2, 0.25) is 0 Å². The third-order valence-electron chi connectivity index (χ3n) is 5.74. The number of hydrogen-bond acceptors (Lipinski definition) is 4. The van der Waals surface area contributed by atoms with Crippen molar-refractivity contribution in [2.75, 3.05) is 0 Å². The highest BCUT2D eigenvalue weighted by Gasteiger charge is 2.38. The fourth-order valence-corrected chi connectivity index (χ4v) is 5.92. The quantitative estimate of drug-likeness (QED) is 0.503. The van der Waals surface area contributed by atoms with Crippen molar-refractivity contribution in [1.29, 1.82) is 0 Å². The molecule has 0 N–H and O–H groups in total. The summed E-state index contributed by atoms with van der Waals surface area (Å²) >= 11 is 1.78. The number of carbonyl (C=O) groups is 2. The molecule has 1 aromatic heterocycles. The van der Waals surface area contributed by atoms with Crippen molar-refractivity contribution in [3.05, 3.63) is 20.9 Å². The molecule has 0 aliphatic heterocycles. The lowest BCUT2D eigenvalue weighted by Gasteiger charge is -2.31. The van der Waals surface area contributed by atoms with Gasteiger partial charge in [-0.2, -0.15) is 0 Å². The molecule has 2 aliphatic rings. The van der Waals surface area contributed by atoms with Crippen LogP contribution in [0, 0.1) is 11.3 Å². The summed E-state index contributed by atoms with van der Waals surface area (Å²) in [4.78, 5) is 27.3. The highest BCUT2D eigenvalue weighted by atomic mass is 32.1. The molecule has 144 valence electrons. The Morgan fingerprint density at radius 2 is 1.92 bits per heavy atom. The van der Waals surface area contributed by atoms with Gasteiger partial charge in [0, 0.05) is 21.6 Å². The first kappa shape index (κ1) is 19.6. The second-order valence-electron chi connectivity index (χ2n) is 9.78. The Labute approximate surface area is 161 Å². The molecule has 1 saturated carbocycles. The van der Waals surface area contributed by atoms with E-state index in [-0.39, 0.29) is 23.2 Å². The molecule has 4 heteroatoms. The number of ether oxygens (including phenoxy) is 1. The van der Waals surface area contributed by atoms with Crippen LogP contribution >= 0.6 is 11.3 Å². The Morgan fingerprint density at radius 3 is 2.58 bits per heavy atom. The van der Waals surface area contributed by atoms with E-state index in [2.05, 4.69) is 13.8 Å². The minimum atomic E-state index is -0.510. The monoisotopic (exact) mass is 376 g/mol. The normalized spacial score (nSPS) is 25.4. The summed E-state index contributed by atoms with van der Waals surface area (Å²) in [7, 11) is 0. The van der Waals surface area contributed by atoms with E-state index in [1.807, 2.05) is 20.8 Å². The van der Waals surface area contributed by atoms with Crippen LogP contribution in [0.5, 0.6) is 0 Å². The average molecular weight is 377 g/mol. The van der Waals surface area contributed by atoms with E-state index in [9.17, 15) is 9.59 Å². The van der Waals surface area contributed by atoms with Crippen molar-refractivity contribution in [3.63, 3.8) is 0 Å². The van der Waals surface area contributed by atoms with Crippen LogP contribution in [0.15, 0.2) is 0 Å². The molecule has 0 aromatic carbocycles. The number of rotatable bonds is 3. The SMILES string of the molecule is CC1(C)CCc2sc(C3CCCCC3C=O)c(C(=O)OC(C)(C)C)c2C1. The highest BCUT2D eigenvalue weighted by Crippen LogP contribution is 2.48. The summed E-state index contributed by atoms with van der Waals surface area (Å²) in [5, 5.41) is 0. The Kier molecular flexibility index (Phi) is 5.35. The molecule has 3 rings (SSSR count). The van der Waals surface area contributed by atoms with Crippen LogP contribution in [0.4, 0.5) is 0 Å². The molecular formula is C22H32O3S. The first-order valence-electron chi connectivity index (χ1n) is 9.94. The Hall–Kier alpha value is -1.16. The summed E-state index contributed by atoms with van der Waals surface area (Å²) in [5.41, 5.74) is 1.69. The second-order valence-corrected chi connectivity index (χ2v) is 10.9. The molecule has 1 heterocycles. The van der Waals surface area contributed by atoms with Crippen LogP contribution in [0.1, 0.15) is 98.3 Å². The van der Waals surface area contributed by atoms with Crippen molar-refractivity contribution in [1.82, 2.24) is 0 Å². The summed E-state index contributed by atoms with van der Waals surface area (Å²) in [6, 6.07) is 0. The molecule has 0 spiro atoms. The topological polar surface area (TPSA) is 43.4 Å². The van der Waals surface area contributed by atoms with Gasteiger partial charge in [-0.05, 0) is 63.9 Å². The summed E-state index contributed by atoms with van der Waals surface area (Å²) in [6.07, 6.45) is 8.41. The van der Waals surface area contributed by atoms with Gasteiger partial charge in [0.1, 0.15) is 11.9 Å². The maximum absolute atomic E-state index is 13.2. The fourth-order valence-electron chi connectivity index (χ4n) is 4.40. The zero-order valence-electron chi connectivity index (χ0n) is 16.8. The molecule has 3 nitrogen and oxygen atoms in total. The summed E-state index contributed by atoms with van der Waals surface area (Å²) < 4.78 is 5.80. The first-order valence-corrected chi connectivity index (χ1v) is 10.8. The first-order chi connectivity index (χ1) is 12.1. The molecule has 2 atom stereocenters. The van der Waals surface area contributed by atoms with E-state index in [1.54, 1.807) is 11.3 Å². The van der Waals surface area contributed by atoms with Gasteiger partial charge in [-0.25, -0.2) is 4.79 Å². The third kappa shape index (κ3) is 4.05. The minimum absolute atomic E-state index is 0.0399. The molecule has 0 radical (unpaired) electrons. The van der Waals surface area contributed by atoms with Gasteiger partial charge < -0.3 is 9.53 Å². The van der Waals surface area contributed by atoms with Crippen LogP contribution < -0.4 is 0 Å². The van der Waals surface area contributed by atoms with Gasteiger partial charge in [0.05, 0.1) is 5.56 Å². The second kappa shape index (κ2) is 7.10. The van der Waals surface area contributed by atoms with E-state index in [0.717, 1.165) is 61.7 Å². The maximum Gasteiger partial charge on any atom is 0.340 e. The fraction of sp³-hybridized carbons (Fsp3) is 0.727. The van der Waals surface area contributed by atoms with Crippen LogP contribution in [0.3, 0.4) is 0 Å². The minimum Gasteiger partial charge on any atom is -0.456 e. The molecule has 2 unspecified atom stereocenters. The molecule has 0 saturated heterocycles. The third-order valence-corrected chi connectivity index (χ3v) is 7.16. The number of carbonyl (C=O) groups excluding carboxylic acids is 2. The molecule has 26 heavy (non-hydrogen) atoms. The predicted octanol–water partition coefficient (Wildman–Crippen LogP) is 5.69. The van der Waals surface area contributed by atoms with E-state index >= 15 is 0 Å². The number of esters is 1. The van der Waals surface area contributed by atoms with Crippen molar-refractivity contribution in [2.45, 2.75) is 91.1 Å². The number of aryl methyl sites for hydroxylation is 1. The van der Waals surface area contributed by atoms with E-state index in [0.29, 0.717) is 0 Å². The molecular weight excluding hydrogens is 344 g/mol. The van der Waals surface area contributed by atoms with Gasteiger partial charge in [0.25, 0.3) is 0 Å². The zero-order chi connectivity index (χ0) is 19.1. The Bertz CT molecular complexity index is 693. The van der Waals surface area contributed by atoms with Crippen molar-refractivity contribution in [2.24, 2.45) is 11.3 Å².